The lowest BCUT2D eigenvalue weighted by atomic mass is 10.0. The van der Waals surface area contributed by atoms with E-state index in [4.69, 9.17) is 0 Å². The number of aromatic nitrogens is 1. The Balaban J connectivity index is 0.00000192. The Kier molecular flexibility index (Phi) is 5.81. The van der Waals surface area contributed by atoms with Gasteiger partial charge in [-0.15, -0.1) is 12.4 Å². The van der Waals surface area contributed by atoms with Crippen LogP contribution in [0.25, 0.3) is 0 Å². The number of likely N-dealkylation sites (tertiary alicyclic amines) is 1. The predicted octanol–water partition coefficient (Wildman–Crippen LogP) is 1.69. The lowest BCUT2D eigenvalue weighted by Gasteiger charge is -2.26. The van der Waals surface area contributed by atoms with Crippen LogP contribution in [0.1, 0.15) is 41.2 Å². The van der Waals surface area contributed by atoms with Gasteiger partial charge in [-0.25, -0.2) is 4.39 Å². The Labute approximate surface area is 141 Å². The highest BCUT2D eigenvalue weighted by atomic mass is 35.5. The number of hydrogen-bond donors (Lipinski definition) is 1. The number of alkyl halides is 1. The summed E-state index contributed by atoms with van der Waals surface area (Å²) in [5, 5.41) is 3.27. The van der Waals surface area contributed by atoms with Gasteiger partial charge in [0, 0.05) is 18.8 Å². The minimum atomic E-state index is -0.973. The Morgan fingerprint density at radius 2 is 2.00 bits per heavy atom. The fourth-order valence-electron chi connectivity index (χ4n) is 3.33. The summed E-state index contributed by atoms with van der Waals surface area (Å²) in [5.41, 5.74) is 0.636. The quantitative estimate of drug-likeness (QED) is 0.889. The molecule has 2 aliphatic rings. The number of nitrogens with zero attached hydrogens (tertiary/aromatic N) is 2. The first kappa shape index (κ1) is 17.9. The number of rotatable bonds is 2. The van der Waals surface area contributed by atoms with Gasteiger partial charge in [-0.05, 0) is 50.9 Å². The first-order chi connectivity index (χ1) is 10.6. The lowest BCUT2D eigenvalue weighted by molar-refractivity contribution is 0.0779. The summed E-state index contributed by atoms with van der Waals surface area (Å²) < 4.78 is 15.0. The van der Waals surface area contributed by atoms with E-state index in [1.165, 1.54) is 4.90 Å². The van der Waals surface area contributed by atoms with Crippen molar-refractivity contribution in [1.82, 2.24) is 14.8 Å². The van der Waals surface area contributed by atoms with Gasteiger partial charge in [-0.1, -0.05) is 0 Å². The van der Waals surface area contributed by atoms with E-state index in [1.54, 1.807) is 17.7 Å². The maximum atomic E-state index is 13.3. The zero-order chi connectivity index (χ0) is 15.7. The second kappa shape index (κ2) is 7.45. The van der Waals surface area contributed by atoms with Crippen LogP contribution in [-0.4, -0.2) is 47.7 Å². The van der Waals surface area contributed by atoms with Crippen molar-refractivity contribution in [1.29, 1.82) is 0 Å². The van der Waals surface area contributed by atoms with Crippen molar-refractivity contribution < 1.29 is 9.18 Å². The fraction of sp³-hybridized carbons (Fsp3) is 0.625. The van der Waals surface area contributed by atoms with E-state index in [-0.39, 0.29) is 42.0 Å². The van der Waals surface area contributed by atoms with Gasteiger partial charge in [0.15, 0.2) is 0 Å². The number of aryl methyl sites for hydroxylation is 1. The molecule has 7 heteroatoms. The van der Waals surface area contributed by atoms with Crippen molar-refractivity contribution in [3.05, 3.63) is 33.7 Å². The number of carbonyl (C=O) groups is 1. The largest absolute Gasteiger partial charge is 0.335 e. The SMILES string of the molecule is Cc1ccn(C2CCNCC2)c(=O)c1C(=O)N1CC[C@@H](F)C1.Cl. The molecule has 3 heterocycles. The number of hydrogen-bond acceptors (Lipinski definition) is 3. The molecule has 0 radical (unpaired) electrons. The van der Waals surface area contributed by atoms with Crippen molar-refractivity contribution in [2.45, 2.75) is 38.4 Å². The minimum Gasteiger partial charge on any atom is -0.335 e. The first-order valence-electron chi connectivity index (χ1n) is 7.93. The molecule has 1 aromatic heterocycles. The third kappa shape index (κ3) is 3.58. The van der Waals surface area contributed by atoms with Crippen LogP contribution in [-0.2, 0) is 0 Å². The van der Waals surface area contributed by atoms with Crippen LogP contribution >= 0.6 is 12.4 Å². The molecule has 5 nitrogen and oxygen atoms in total. The number of piperidine rings is 1. The highest BCUT2D eigenvalue weighted by molar-refractivity contribution is 5.95. The Bertz CT molecular complexity index is 628. The van der Waals surface area contributed by atoms with Crippen molar-refractivity contribution in [3.63, 3.8) is 0 Å². The number of halogens is 2. The Hall–Kier alpha value is -1.40. The molecule has 0 aliphatic carbocycles. The summed E-state index contributed by atoms with van der Waals surface area (Å²) in [4.78, 5) is 26.8. The third-order valence-electron chi connectivity index (χ3n) is 4.66. The van der Waals surface area contributed by atoms with Gasteiger partial charge < -0.3 is 14.8 Å². The predicted molar refractivity (Wildman–Crippen MR) is 89.2 cm³/mol. The van der Waals surface area contributed by atoms with E-state index < -0.39 is 6.17 Å². The standard InChI is InChI=1S/C16H22FN3O2.ClH/c1-11-4-9-20(13-2-6-18-7-3-13)16(22)14(11)15(21)19-8-5-12(17)10-19;/h4,9,12-13,18H,2-3,5-8,10H2,1H3;1H/t12-;/m1./s1. The number of carbonyl (C=O) groups excluding carboxylic acids is 1. The molecule has 0 aromatic carbocycles. The molecule has 0 bridgehead atoms. The van der Waals surface area contributed by atoms with Gasteiger partial charge in [0.2, 0.25) is 0 Å². The smallest absolute Gasteiger partial charge is 0.263 e. The van der Waals surface area contributed by atoms with Gasteiger partial charge in [-0.3, -0.25) is 9.59 Å². The normalized spacial score (nSPS) is 22.0. The number of nitrogens with one attached hydrogen (secondary N) is 1. The lowest BCUT2D eigenvalue weighted by Crippen LogP contribution is -2.39. The summed E-state index contributed by atoms with van der Waals surface area (Å²) >= 11 is 0. The Morgan fingerprint density at radius 1 is 1.30 bits per heavy atom. The number of amides is 1. The van der Waals surface area contributed by atoms with Crippen LogP contribution < -0.4 is 10.9 Å². The second-order valence-corrected chi connectivity index (χ2v) is 6.20. The maximum absolute atomic E-state index is 13.3. The second-order valence-electron chi connectivity index (χ2n) is 6.20. The zero-order valence-corrected chi connectivity index (χ0v) is 14.1. The van der Waals surface area contributed by atoms with Crippen LogP contribution in [0, 0.1) is 6.92 Å². The first-order valence-corrected chi connectivity index (χ1v) is 7.93. The minimum absolute atomic E-state index is 0. The topological polar surface area (TPSA) is 54.3 Å². The van der Waals surface area contributed by atoms with Gasteiger partial charge >= 0.3 is 0 Å². The molecule has 23 heavy (non-hydrogen) atoms. The molecule has 1 aromatic rings. The van der Waals surface area contributed by atoms with E-state index in [0.29, 0.717) is 18.5 Å². The molecule has 0 spiro atoms. The van der Waals surface area contributed by atoms with Gasteiger partial charge in [0.25, 0.3) is 11.5 Å². The molecule has 3 rings (SSSR count). The highest BCUT2D eigenvalue weighted by Crippen LogP contribution is 2.19. The molecule has 128 valence electrons. The van der Waals surface area contributed by atoms with Crippen molar-refractivity contribution in [2.24, 2.45) is 0 Å². The maximum Gasteiger partial charge on any atom is 0.263 e. The monoisotopic (exact) mass is 343 g/mol. The van der Waals surface area contributed by atoms with E-state index in [0.717, 1.165) is 25.9 Å². The molecule has 2 saturated heterocycles. The van der Waals surface area contributed by atoms with Crippen LogP contribution in [0.4, 0.5) is 4.39 Å². The van der Waals surface area contributed by atoms with E-state index in [9.17, 15) is 14.0 Å². The third-order valence-corrected chi connectivity index (χ3v) is 4.66. The van der Waals surface area contributed by atoms with E-state index >= 15 is 0 Å². The van der Waals surface area contributed by atoms with Crippen molar-refractivity contribution >= 4 is 18.3 Å². The average Bonchev–Trinajstić information content (AvgIpc) is 2.95. The molecular weight excluding hydrogens is 321 g/mol. The molecular formula is C16H23ClFN3O2. The number of pyridine rings is 1. The van der Waals surface area contributed by atoms with Crippen LogP contribution in [0.5, 0.6) is 0 Å². The molecule has 0 unspecified atom stereocenters. The molecule has 1 amide bonds. The summed E-state index contributed by atoms with van der Waals surface area (Å²) in [6.07, 6.45) is 2.94. The van der Waals surface area contributed by atoms with Crippen molar-refractivity contribution in [2.75, 3.05) is 26.2 Å². The molecule has 1 atom stereocenters. The van der Waals surface area contributed by atoms with Crippen molar-refractivity contribution in [3.8, 4) is 0 Å². The van der Waals surface area contributed by atoms with Crippen LogP contribution in [0.15, 0.2) is 17.1 Å². The van der Waals surface area contributed by atoms with Gasteiger partial charge in [-0.2, -0.15) is 0 Å². The summed E-state index contributed by atoms with van der Waals surface area (Å²) in [6, 6.07) is 1.95. The van der Waals surface area contributed by atoms with Crippen LogP contribution in [0.2, 0.25) is 0 Å². The Morgan fingerprint density at radius 3 is 2.61 bits per heavy atom. The summed E-state index contributed by atoms with van der Waals surface area (Å²) in [7, 11) is 0. The molecule has 2 fully saturated rings. The van der Waals surface area contributed by atoms with Crippen LogP contribution in [0.3, 0.4) is 0 Å². The molecule has 1 N–H and O–H groups in total. The van der Waals surface area contributed by atoms with E-state index in [2.05, 4.69) is 5.32 Å². The highest BCUT2D eigenvalue weighted by Gasteiger charge is 2.30. The fourth-order valence-corrected chi connectivity index (χ4v) is 3.33. The zero-order valence-electron chi connectivity index (χ0n) is 13.3. The van der Waals surface area contributed by atoms with Gasteiger partial charge in [0.05, 0.1) is 6.54 Å². The summed E-state index contributed by atoms with van der Waals surface area (Å²) in [5.74, 6) is -0.328. The van der Waals surface area contributed by atoms with Gasteiger partial charge in [0.1, 0.15) is 11.7 Å². The van der Waals surface area contributed by atoms with E-state index in [1.807, 2.05) is 6.07 Å². The molecule has 2 aliphatic heterocycles. The average molecular weight is 344 g/mol. The molecule has 0 saturated carbocycles. The summed E-state index contributed by atoms with van der Waals surface area (Å²) in [6.45, 7) is 4.01.